The molecule has 0 aliphatic rings. The molecule has 0 radical (unpaired) electrons. The Hall–Kier alpha value is -1.48. The number of rotatable bonds is 5. The number of nitrogens with one attached hydrogen (secondary N) is 1. The van der Waals surface area contributed by atoms with E-state index in [9.17, 15) is 0 Å². The van der Waals surface area contributed by atoms with Crippen LogP contribution in [0.4, 0.5) is 0 Å². The molecule has 0 atom stereocenters. The first kappa shape index (κ1) is 13.0. The Labute approximate surface area is 108 Å². The lowest BCUT2D eigenvalue weighted by atomic mass is 9.99. The molecule has 0 unspecified atom stereocenters. The Morgan fingerprint density at radius 3 is 2.72 bits per heavy atom. The summed E-state index contributed by atoms with van der Waals surface area (Å²) in [5.74, 6) is 2.35. The molecule has 0 saturated heterocycles. The highest BCUT2D eigenvalue weighted by molar-refractivity contribution is 5.84. The highest BCUT2D eigenvalue weighted by Crippen LogP contribution is 2.34. The lowest BCUT2D eigenvalue weighted by molar-refractivity contribution is 0.415. The molecule has 2 aromatic rings. The van der Waals surface area contributed by atoms with E-state index in [4.69, 9.17) is 9.15 Å². The number of hydrogen-bond acceptors (Lipinski definition) is 3. The Morgan fingerprint density at radius 2 is 2.11 bits per heavy atom. The van der Waals surface area contributed by atoms with Crippen LogP contribution in [0.15, 0.2) is 22.6 Å². The second-order valence-electron chi connectivity index (χ2n) is 4.74. The Morgan fingerprint density at radius 1 is 1.33 bits per heavy atom. The molecule has 0 amide bonds. The molecule has 0 aliphatic heterocycles. The summed E-state index contributed by atoms with van der Waals surface area (Å²) in [7, 11) is 1.69. The Kier molecular flexibility index (Phi) is 3.92. The third-order valence-electron chi connectivity index (χ3n) is 3.12. The van der Waals surface area contributed by atoms with Gasteiger partial charge in [-0.1, -0.05) is 20.8 Å². The maximum atomic E-state index is 5.94. The Balaban J connectivity index is 2.53. The fraction of sp³-hybridized carbons (Fsp3) is 0.467. The van der Waals surface area contributed by atoms with E-state index in [1.807, 2.05) is 12.1 Å². The molecule has 0 aliphatic carbocycles. The molecular weight excluding hydrogens is 226 g/mol. The predicted octanol–water partition coefficient (Wildman–Crippen LogP) is 3.67. The van der Waals surface area contributed by atoms with Crippen LogP contribution in [0.3, 0.4) is 0 Å². The van der Waals surface area contributed by atoms with Crippen LogP contribution in [0, 0.1) is 0 Å². The van der Waals surface area contributed by atoms with E-state index >= 15 is 0 Å². The zero-order valence-electron chi connectivity index (χ0n) is 11.5. The van der Waals surface area contributed by atoms with Crippen molar-refractivity contribution in [3.8, 4) is 5.75 Å². The monoisotopic (exact) mass is 247 g/mol. The molecule has 18 heavy (non-hydrogen) atoms. The molecule has 1 aromatic heterocycles. The minimum absolute atomic E-state index is 0.437. The standard InChI is InChI=1S/C15H21NO2/c1-5-16-9-14-15(10(2)3)12-8-11(17-4)6-7-13(12)18-14/h6-8,10,16H,5,9H2,1-4H3. The van der Waals surface area contributed by atoms with Crippen molar-refractivity contribution in [3.05, 3.63) is 29.5 Å². The van der Waals surface area contributed by atoms with E-state index in [1.54, 1.807) is 7.11 Å². The van der Waals surface area contributed by atoms with Gasteiger partial charge in [-0.3, -0.25) is 0 Å². The van der Waals surface area contributed by atoms with Crippen molar-refractivity contribution >= 4 is 11.0 Å². The van der Waals surface area contributed by atoms with Crippen LogP contribution >= 0.6 is 0 Å². The van der Waals surface area contributed by atoms with Crippen LogP contribution in [0.25, 0.3) is 11.0 Å². The van der Waals surface area contributed by atoms with Gasteiger partial charge in [0, 0.05) is 10.9 Å². The van der Waals surface area contributed by atoms with Crippen molar-refractivity contribution < 1.29 is 9.15 Å². The first-order valence-electron chi connectivity index (χ1n) is 6.47. The van der Waals surface area contributed by atoms with Crippen molar-refractivity contribution in [2.75, 3.05) is 13.7 Å². The second kappa shape index (κ2) is 5.44. The van der Waals surface area contributed by atoms with Crippen LogP contribution in [-0.2, 0) is 6.54 Å². The van der Waals surface area contributed by atoms with Gasteiger partial charge in [0.25, 0.3) is 0 Å². The number of benzene rings is 1. The minimum atomic E-state index is 0.437. The number of hydrogen-bond donors (Lipinski definition) is 1. The van der Waals surface area contributed by atoms with E-state index in [-0.39, 0.29) is 0 Å². The van der Waals surface area contributed by atoms with Gasteiger partial charge in [-0.05, 0) is 30.7 Å². The van der Waals surface area contributed by atoms with Crippen LogP contribution in [0.5, 0.6) is 5.75 Å². The summed E-state index contributed by atoms with van der Waals surface area (Å²) >= 11 is 0. The molecular formula is C15H21NO2. The van der Waals surface area contributed by atoms with Crippen LogP contribution in [0.1, 0.15) is 38.0 Å². The molecule has 0 fully saturated rings. The third kappa shape index (κ3) is 2.36. The largest absolute Gasteiger partial charge is 0.497 e. The SMILES string of the molecule is CCNCc1oc2ccc(OC)cc2c1C(C)C. The first-order chi connectivity index (χ1) is 8.67. The highest BCUT2D eigenvalue weighted by atomic mass is 16.5. The topological polar surface area (TPSA) is 34.4 Å². The molecule has 0 bridgehead atoms. The third-order valence-corrected chi connectivity index (χ3v) is 3.12. The summed E-state index contributed by atoms with van der Waals surface area (Å²) in [4.78, 5) is 0. The van der Waals surface area contributed by atoms with E-state index in [1.165, 1.54) is 5.56 Å². The average Bonchev–Trinajstić information content (AvgIpc) is 2.73. The average molecular weight is 247 g/mol. The van der Waals surface area contributed by atoms with Crippen molar-refractivity contribution in [1.29, 1.82) is 0 Å². The van der Waals surface area contributed by atoms with E-state index in [0.717, 1.165) is 35.6 Å². The molecule has 1 N–H and O–H groups in total. The summed E-state index contributed by atoms with van der Waals surface area (Å²) in [6.45, 7) is 8.21. The number of furan rings is 1. The van der Waals surface area contributed by atoms with Crippen LogP contribution < -0.4 is 10.1 Å². The van der Waals surface area contributed by atoms with Gasteiger partial charge < -0.3 is 14.5 Å². The summed E-state index contributed by atoms with van der Waals surface area (Å²) in [5.41, 5.74) is 2.22. The van der Waals surface area contributed by atoms with Crippen LogP contribution in [0.2, 0.25) is 0 Å². The lowest BCUT2D eigenvalue weighted by Gasteiger charge is -2.07. The first-order valence-corrected chi connectivity index (χ1v) is 6.47. The smallest absolute Gasteiger partial charge is 0.134 e. The van der Waals surface area contributed by atoms with E-state index < -0.39 is 0 Å². The molecule has 1 heterocycles. The predicted molar refractivity (Wildman–Crippen MR) is 74.2 cm³/mol. The van der Waals surface area contributed by atoms with Gasteiger partial charge in [0.2, 0.25) is 0 Å². The molecule has 2 rings (SSSR count). The fourth-order valence-corrected chi connectivity index (χ4v) is 2.28. The van der Waals surface area contributed by atoms with Gasteiger partial charge in [0.1, 0.15) is 17.1 Å². The van der Waals surface area contributed by atoms with Gasteiger partial charge in [0.05, 0.1) is 13.7 Å². The fourth-order valence-electron chi connectivity index (χ4n) is 2.28. The molecule has 3 nitrogen and oxygen atoms in total. The molecule has 0 saturated carbocycles. The molecule has 1 aromatic carbocycles. The summed E-state index contributed by atoms with van der Waals surface area (Å²) < 4.78 is 11.2. The normalized spacial score (nSPS) is 11.4. The van der Waals surface area contributed by atoms with Gasteiger partial charge in [-0.2, -0.15) is 0 Å². The highest BCUT2D eigenvalue weighted by Gasteiger charge is 2.17. The number of methoxy groups -OCH3 is 1. The second-order valence-corrected chi connectivity index (χ2v) is 4.74. The zero-order chi connectivity index (χ0) is 13.1. The minimum Gasteiger partial charge on any atom is -0.497 e. The summed E-state index contributed by atoms with van der Waals surface area (Å²) in [5, 5.41) is 4.49. The summed E-state index contributed by atoms with van der Waals surface area (Å²) in [6.07, 6.45) is 0. The van der Waals surface area contributed by atoms with E-state index in [2.05, 4.69) is 32.2 Å². The number of ether oxygens (including phenoxy) is 1. The lowest BCUT2D eigenvalue weighted by Crippen LogP contribution is -2.12. The van der Waals surface area contributed by atoms with Gasteiger partial charge in [0.15, 0.2) is 0 Å². The zero-order valence-corrected chi connectivity index (χ0v) is 11.5. The summed E-state index contributed by atoms with van der Waals surface area (Å²) in [6, 6.07) is 5.98. The van der Waals surface area contributed by atoms with Gasteiger partial charge in [-0.25, -0.2) is 0 Å². The number of fused-ring (bicyclic) bond motifs is 1. The Bertz CT molecular complexity index is 529. The maximum absolute atomic E-state index is 5.94. The maximum Gasteiger partial charge on any atom is 0.134 e. The van der Waals surface area contributed by atoms with Gasteiger partial charge in [-0.15, -0.1) is 0 Å². The van der Waals surface area contributed by atoms with Crippen molar-refractivity contribution in [3.63, 3.8) is 0 Å². The van der Waals surface area contributed by atoms with Crippen molar-refractivity contribution in [1.82, 2.24) is 5.32 Å². The van der Waals surface area contributed by atoms with E-state index in [0.29, 0.717) is 5.92 Å². The van der Waals surface area contributed by atoms with Crippen molar-refractivity contribution in [2.45, 2.75) is 33.2 Å². The molecule has 0 spiro atoms. The quantitative estimate of drug-likeness (QED) is 0.875. The molecule has 98 valence electrons. The van der Waals surface area contributed by atoms with Crippen LogP contribution in [-0.4, -0.2) is 13.7 Å². The molecule has 3 heteroatoms. The van der Waals surface area contributed by atoms with Gasteiger partial charge >= 0.3 is 0 Å². The van der Waals surface area contributed by atoms with Crippen molar-refractivity contribution in [2.24, 2.45) is 0 Å².